The van der Waals surface area contributed by atoms with E-state index in [1.54, 1.807) is 0 Å². The van der Waals surface area contributed by atoms with Crippen LogP contribution in [0.3, 0.4) is 0 Å². The molecule has 1 rings (SSSR count). The number of carbonyl (C=O) groups excluding carboxylic acids is 1. The van der Waals surface area contributed by atoms with Crippen LogP contribution in [0.25, 0.3) is 0 Å². The van der Waals surface area contributed by atoms with E-state index in [0.717, 1.165) is 6.42 Å². The van der Waals surface area contributed by atoms with Gasteiger partial charge in [-0.15, -0.1) is 0 Å². The summed E-state index contributed by atoms with van der Waals surface area (Å²) in [5, 5.41) is 12.1. The lowest BCUT2D eigenvalue weighted by molar-refractivity contribution is -0.122. The fraction of sp³-hybridized carbons (Fsp3) is 0.588. The number of aliphatic hydroxyl groups excluding tert-OH is 1. The molecule has 1 unspecified atom stereocenters. The van der Waals surface area contributed by atoms with Crippen molar-refractivity contribution in [2.45, 2.75) is 53.0 Å². The van der Waals surface area contributed by atoms with Crippen LogP contribution in [-0.2, 0) is 11.2 Å². The molecule has 0 spiro atoms. The molecule has 0 radical (unpaired) electrons. The van der Waals surface area contributed by atoms with E-state index in [4.69, 9.17) is 5.11 Å². The maximum absolute atomic E-state index is 12.0. The van der Waals surface area contributed by atoms with E-state index in [2.05, 4.69) is 57.3 Å². The molecule has 0 saturated carbocycles. The third-order valence-corrected chi connectivity index (χ3v) is 3.56. The first-order chi connectivity index (χ1) is 9.32. The monoisotopic (exact) mass is 277 g/mol. The predicted molar refractivity (Wildman–Crippen MR) is 82.6 cm³/mol. The van der Waals surface area contributed by atoms with Gasteiger partial charge in [-0.25, -0.2) is 0 Å². The van der Waals surface area contributed by atoms with Crippen molar-refractivity contribution in [2.75, 3.05) is 6.61 Å². The number of carbonyl (C=O) groups is 1. The smallest absolute Gasteiger partial charge is 0.220 e. The molecule has 0 aliphatic heterocycles. The Kier molecular flexibility index (Phi) is 6.21. The van der Waals surface area contributed by atoms with Gasteiger partial charge in [0.25, 0.3) is 0 Å². The van der Waals surface area contributed by atoms with Crippen molar-refractivity contribution < 1.29 is 9.90 Å². The molecule has 1 aromatic rings. The highest BCUT2D eigenvalue weighted by Gasteiger charge is 2.25. The number of nitrogens with one attached hydrogen (secondary N) is 1. The van der Waals surface area contributed by atoms with E-state index in [-0.39, 0.29) is 24.0 Å². The van der Waals surface area contributed by atoms with Gasteiger partial charge in [0.1, 0.15) is 0 Å². The Morgan fingerprint density at radius 2 is 1.85 bits per heavy atom. The van der Waals surface area contributed by atoms with E-state index < -0.39 is 0 Å². The van der Waals surface area contributed by atoms with Gasteiger partial charge < -0.3 is 10.4 Å². The molecule has 0 aliphatic carbocycles. The zero-order chi connectivity index (χ0) is 15.2. The van der Waals surface area contributed by atoms with Crippen LogP contribution in [0.4, 0.5) is 0 Å². The average Bonchev–Trinajstić information content (AvgIpc) is 2.36. The number of amides is 1. The fourth-order valence-corrected chi connectivity index (χ4v) is 2.13. The van der Waals surface area contributed by atoms with Gasteiger partial charge >= 0.3 is 0 Å². The van der Waals surface area contributed by atoms with Crippen LogP contribution in [0.5, 0.6) is 0 Å². The number of rotatable bonds is 6. The van der Waals surface area contributed by atoms with Crippen molar-refractivity contribution in [3.05, 3.63) is 35.4 Å². The van der Waals surface area contributed by atoms with Gasteiger partial charge in [0.05, 0.1) is 0 Å². The summed E-state index contributed by atoms with van der Waals surface area (Å²) in [6.45, 7) is 8.38. The molecule has 0 aromatic heterocycles. The molecule has 112 valence electrons. The molecular weight excluding hydrogens is 250 g/mol. The van der Waals surface area contributed by atoms with Crippen molar-refractivity contribution in [2.24, 2.45) is 5.41 Å². The summed E-state index contributed by atoms with van der Waals surface area (Å²) in [4.78, 5) is 12.0. The maximum Gasteiger partial charge on any atom is 0.220 e. The van der Waals surface area contributed by atoms with E-state index >= 15 is 0 Å². The minimum Gasteiger partial charge on any atom is -0.396 e. The second kappa shape index (κ2) is 7.44. The van der Waals surface area contributed by atoms with Crippen molar-refractivity contribution >= 4 is 5.91 Å². The third-order valence-electron chi connectivity index (χ3n) is 3.56. The number of aryl methyl sites for hydroxylation is 2. The molecule has 3 nitrogen and oxygen atoms in total. The van der Waals surface area contributed by atoms with Gasteiger partial charge in [-0.3, -0.25) is 4.79 Å². The molecule has 3 heteroatoms. The number of hydrogen-bond donors (Lipinski definition) is 2. The summed E-state index contributed by atoms with van der Waals surface area (Å²) in [7, 11) is 0. The average molecular weight is 277 g/mol. The van der Waals surface area contributed by atoms with E-state index in [1.807, 2.05) is 0 Å². The van der Waals surface area contributed by atoms with E-state index in [9.17, 15) is 4.79 Å². The zero-order valence-corrected chi connectivity index (χ0v) is 13.1. The second-order valence-corrected chi connectivity index (χ2v) is 6.48. The lowest BCUT2D eigenvalue weighted by atomic mass is 9.85. The summed E-state index contributed by atoms with van der Waals surface area (Å²) in [6, 6.07) is 8.28. The first-order valence-corrected chi connectivity index (χ1v) is 7.28. The SMILES string of the molecule is Cc1ccc(CCC(=O)NC(CCO)C(C)(C)C)cc1. The van der Waals surface area contributed by atoms with Gasteiger partial charge in [-0.2, -0.15) is 0 Å². The first kappa shape index (κ1) is 16.7. The summed E-state index contributed by atoms with van der Waals surface area (Å²) in [6.07, 6.45) is 1.84. The van der Waals surface area contributed by atoms with Crippen molar-refractivity contribution in [1.82, 2.24) is 5.32 Å². The second-order valence-electron chi connectivity index (χ2n) is 6.48. The van der Waals surface area contributed by atoms with Crippen LogP contribution in [0.2, 0.25) is 0 Å². The Bertz CT molecular complexity index is 418. The van der Waals surface area contributed by atoms with Crippen LogP contribution in [0, 0.1) is 12.3 Å². The maximum atomic E-state index is 12.0. The lowest BCUT2D eigenvalue weighted by Gasteiger charge is -2.31. The van der Waals surface area contributed by atoms with Crippen molar-refractivity contribution in [1.29, 1.82) is 0 Å². The number of hydrogen-bond acceptors (Lipinski definition) is 2. The molecule has 1 aromatic carbocycles. The van der Waals surface area contributed by atoms with Crippen LogP contribution >= 0.6 is 0 Å². The van der Waals surface area contributed by atoms with Gasteiger partial charge in [0, 0.05) is 19.1 Å². The van der Waals surface area contributed by atoms with Crippen LogP contribution in [0.15, 0.2) is 24.3 Å². The predicted octanol–water partition coefficient (Wildman–Crippen LogP) is 2.84. The zero-order valence-electron chi connectivity index (χ0n) is 13.1. The summed E-state index contributed by atoms with van der Waals surface area (Å²) < 4.78 is 0. The quantitative estimate of drug-likeness (QED) is 0.840. The molecular formula is C17H27NO2. The minimum absolute atomic E-state index is 0.0121. The molecule has 1 atom stereocenters. The standard InChI is InChI=1S/C17H27NO2/c1-13-5-7-14(8-6-13)9-10-16(20)18-15(11-12-19)17(2,3)4/h5-8,15,19H,9-12H2,1-4H3,(H,18,20). The Labute approximate surface area is 122 Å². The molecule has 20 heavy (non-hydrogen) atoms. The van der Waals surface area contributed by atoms with Gasteiger partial charge in [0.2, 0.25) is 5.91 Å². The molecule has 0 aliphatic rings. The molecule has 0 bridgehead atoms. The summed E-state index contributed by atoms with van der Waals surface area (Å²) in [5.41, 5.74) is 2.37. The highest BCUT2D eigenvalue weighted by atomic mass is 16.3. The van der Waals surface area contributed by atoms with Crippen LogP contribution < -0.4 is 5.32 Å². The number of benzene rings is 1. The fourth-order valence-electron chi connectivity index (χ4n) is 2.13. The number of aliphatic hydroxyl groups is 1. The molecule has 0 saturated heterocycles. The molecule has 0 fully saturated rings. The largest absolute Gasteiger partial charge is 0.396 e. The van der Waals surface area contributed by atoms with E-state index in [0.29, 0.717) is 12.8 Å². The van der Waals surface area contributed by atoms with Gasteiger partial charge in [0.15, 0.2) is 0 Å². The molecule has 2 N–H and O–H groups in total. The Hall–Kier alpha value is -1.35. The van der Waals surface area contributed by atoms with E-state index in [1.165, 1.54) is 11.1 Å². The summed E-state index contributed by atoms with van der Waals surface area (Å²) >= 11 is 0. The molecule has 1 amide bonds. The minimum atomic E-state index is -0.0394. The Morgan fingerprint density at radius 1 is 1.25 bits per heavy atom. The Morgan fingerprint density at radius 3 is 2.35 bits per heavy atom. The normalized spacial score (nSPS) is 13.1. The molecule has 0 heterocycles. The summed E-state index contributed by atoms with van der Waals surface area (Å²) in [5.74, 6) is 0.0546. The van der Waals surface area contributed by atoms with Crippen molar-refractivity contribution in [3.63, 3.8) is 0 Å². The third kappa shape index (κ3) is 5.74. The first-order valence-electron chi connectivity index (χ1n) is 7.28. The van der Waals surface area contributed by atoms with Crippen molar-refractivity contribution in [3.8, 4) is 0 Å². The Balaban J connectivity index is 2.47. The highest BCUT2D eigenvalue weighted by molar-refractivity contribution is 5.76. The van der Waals surface area contributed by atoms with Crippen LogP contribution in [0.1, 0.15) is 44.7 Å². The van der Waals surface area contributed by atoms with Gasteiger partial charge in [-0.05, 0) is 30.7 Å². The topological polar surface area (TPSA) is 49.3 Å². The highest BCUT2D eigenvalue weighted by Crippen LogP contribution is 2.21. The van der Waals surface area contributed by atoms with Gasteiger partial charge in [-0.1, -0.05) is 50.6 Å². The lowest BCUT2D eigenvalue weighted by Crippen LogP contribution is -2.44. The van der Waals surface area contributed by atoms with Crippen LogP contribution in [-0.4, -0.2) is 23.7 Å².